The van der Waals surface area contributed by atoms with Crippen molar-refractivity contribution >= 4 is 15.7 Å². The second kappa shape index (κ2) is 8.24. The average Bonchev–Trinajstić information content (AvgIpc) is 2.47. The van der Waals surface area contributed by atoms with Gasteiger partial charge < -0.3 is 10.2 Å². The molecule has 0 bridgehead atoms. The molecule has 0 aliphatic heterocycles. The van der Waals surface area contributed by atoms with Crippen molar-refractivity contribution in [3.05, 3.63) is 24.3 Å². The second-order valence-electron chi connectivity index (χ2n) is 4.55. The second-order valence-corrected chi connectivity index (χ2v) is 6.32. The van der Waals surface area contributed by atoms with Gasteiger partial charge >= 0.3 is 0 Å². The van der Waals surface area contributed by atoms with E-state index in [-0.39, 0.29) is 0 Å². The molecule has 0 aliphatic carbocycles. The standard InChI is InChI=1S/C14H25N3O2S/c1-4-17(5-2)12-6-11-16-20(18,19)14-9-7-13(15-3)8-10-14/h7-10,15-16H,4-6,11-12H2,1-3H3. The van der Waals surface area contributed by atoms with E-state index in [4.69, 9.17) is 0 Å². The summed E-state index contributed by atoms with van der Waals surface area (Å²) in [5, 5.41) is 2.96. The molecule has 0 aromatic heterocycles. The van der Waals surface area contributed by atoms with Crippen LogP contribution in [-0.4, -0.2) is 46.5 Å². The van der Waals surface area contributed by atoms with Crippen LogP contribution in [0.25, 0.3) is 0 Å². The molecule has 1 aromatic rings. The van der Waals surface area contributed by atoms with E-state index < -0.39 is 10.0 Å². The van der Waals surface area contributed by atoms with E-state index in [1.165, 1.54) is 0 Å². The third kappa shape index (κ3) is 5.11. The minimum absolute atomic E-state index is 0.305. The van der Waals surface area contributed by atoms with Crippen LogP contribution in [0.3, 0.4) is 0 Å². The van der Waals surface area contributed by atoms with Crippen LogP contribution in [0.2, 0.25) is 0 Å². The van der Waals surface area contributed by atoms with Gasteiger partial charge in [0.1, 0.15) is 0 Å². The van der Waals surface area contributed by atoms with Crippen molar-refractivity contribution in [3.8, 4) is 0 Å². The molecule has 6 heteroatoms. The van der Waals surface area contributed by atoms with E-state index in [0.717, 1.165) is 31.7 Å². The molecule has 0 saturated heterocycles. The Hall–Kier alpha value is -1.11. The zero-order valence-corrected chi connectivity index (χ0v) is 13.3. The van der Waals surface area contributed by atoms with Crippen molar-refractivity contribution in [3.63, 3.8) is 0 Å². The summed E-state index contributed by atoms with van der Waals surface area (Å²) in [6.45, 7) is 7.58. The van der Waals surface area contributed by atoms with Crippen LogP contribution in [0.15, 0.2) is 29.2 Å². The molecule has 2 N–H and O–H groups in total. The van der Waals surface area contributed by atoms with E-state index in [9.17, 15) is 8.42 Å². The van der Waals surface area contributed by atoms with Gasteiger partial charge in [-0.2, -0.15) is 0 Å². The number of hydrogen-bond donors (Lipinski definition) is 2. The Bertz CT molecular complexity index is 482. The van der Waals surface area contributed by atoms with Crippen molar-refractivity contribution in [1.82, 2.24) is 9.62 Å². The first-order valence-corrected chi connectivity index (χ1v) is 8.51. The van der Waals surface area contributed by atoms with Gasteiger partial charge in [0.25, 0.3) is 0 Å². The fraction of sp³-hybridized carbons (Fsp3) is 0.571. The van der Waals surface area contributed by atoms with Gasteiger partial charge in [-0.25, -0.2) is 13.1 Å². The predicted molar refractivity (Wildman–Crippen MR) is 83.6 cm³/mol. The van der Waals surface area contributed by atoms with Crippen LogP contribution in [0.5, 0.6) is 0 Å². The lowest BCUT2D eigenvalue weighted by Gasteiger charge is -2.17. The number of benzene rings is 1. The van der Waals surface area contributed by atoms with Crippen molar-refractivity contribution in [2.75, 3.05) is 38.5 Å². The Balaban J connectivity index is 2.48. The van der Waals surface area contributed by atoms with E-state index in [1.54, 1.807) is 31.3 Å². The van der Waals surface area contributed by atoms with Crippen LogP contribution in [0, 0.1) is 0 Å². The van der Waals surface area contributed by atoms with Gasteiger partial charge in [0.15, 0.2) is 0 Å². The molecule has 114 valence electrons. The summed E-state index contributed by atoms with van der Waals surface area (Å²) in [5.41, 5.74) is 0.894. The lowest BCUT2D eigenvalue weighted by atomic mass is 10.3. The van der Waals surface area contributed by atoms with Gasteiger partial charge in [-0.15, -0.1) is 0 Å². The molecular weight excluding hydrogens is 274 g/mol. The minimum Gasteiger partial charge on any atom is -0.388 e. The van der Waals surface area contributed by atoms with E-state index in [2.05, 4.69) is 28.8 Å². The first kappa shape index (κ1) is 16.9. The van der Waals surface area contributed by atoms with Crippen molar-refractivity contribution in [2.24, 2.45) is 0 Å². The summed E-state index contributed by atoms with van der Waals surface area (Å²) < 4.78 is 26.8. The molecule has 0 fully saturated rings. The summed E-state index contributed by atoms with van der Waals surface area (Å²) in [6.07, 6.45) is 0.815. The number of sulfonamides is 1. The summed E-state index contributed by atoms with van der Waals surface area (Å²) in [7, 11) is -1.59. The molecule has 1 aromatic carbocycles. The molecule has 0 amide bonds. The minimum atomic E-state index is -3.39. The van der Waals surface area contributed by atoms with Gasteiger partial charge in [0.05, 0.1) is 4.90 Å². The summed E-state index contributed by atoms with van der Waals surface area (Å²) >= 11 is 0. The highest BCUT2D eigenvalue weighted by molar-refractivity contribution is 7.89. The highest BCUT2D eigenvalue weighted by Gasteiger charge is 2.12. The maximum Gasteiger partial charge on any atom is 0.240 e. The van der Waals surface area contributed by atoms with E-state index in [1.807, 2.05) is 0 Å². The smallest absolute Gasteiger partial charge is 0.240 e. The summed E-state index contributed by atoms with van der Waals surface area (Å²) in [5.74, 6) is 0. The Morgan fingerprint density at radius 1 is 1.10 bits per heavy atom. The maximum absolute atomic E-state index is 12.1. The molecule has 0 saturated carbocycles. The van der Waals surface area contributed by atoms with Crippen LogP contribution in [0.4, 0.5) is 5.69 Å². The molecular formula is C14H25N3O2S. The molecule has 1 rings (SSSR count). The third-order valence-corrected chi connectivity index (χ3v) is 4.77. The average molecular weight is 299 g/mol. The van der Waals surface area contributed by atoms with Gasteiger partial charge in [-0.05, 0) is 50.3 Å². The highest BCUT2D eigenvalue weighted by atomic mass is 32.2. The number of anilines is 1. The van der Waals surface area contributed by atoms with Crippen LogP contribution in [0.1, 0.15) is 20.3 Å². The number of hydrogen-bond acceptors (Lipinski definition) is 4. The summed E-state index contributed by atoms with van der Waals surface area (Å²) in [6, 6.07) is 6.73. The number of nitrogens with zero attached hydrogens (tertiary/aromatic N) is 1. The van der Waals surface area contributed by atoms with Gasteiger partial charge in [0.2, 0.25) is 10.0 Å². The van der Waals surface area contributed by atoms with Crippen LogP contribution < -0.4 is 10.0 Å². The van der Waals surface area contributed by atoms with Gasteiger partial charge in [0, 0.05) is 19.3 Å². The van der Waals surface area contributed by atoms with Crippen molar-refractivity contribution in [2.45, 2.75) is 25.2 Å². The lowest BCUT2D eigenvalue weighted by molar-refractivity contribution is 0.300. The molecule has 0 radical (unpaired) electrons. The molecule has 5 nitrogen and oxygen atoms in total. The zero-order chi connectivity index (χ0) is 15.0. The fourth-order valence-electron chi connectivity index (χ4n) is 1.93. The van der Waals surface area contributed by atoms with Crippen LogP contribution >= 0.6 is 0 Å². The monoisotopic (exact) mass is 299 g/mol. The molecule has 0 spiro atoms. The Morgan fingerprint density at radius 3 is 2.20 bits per heavy atom. The highest BCUT2D eigenvalue weighted by Crippen LogP contribution is 2.13. The Kier molecular flexibility index (Phi) is 6.98. The van der Waals surface area contributed by atoms with E-state index >= 15 is 0 Å². The van der Waals surface area contributed by atoms with Crippen molar-refractivity contribution in [1.29, 1.82) is 0 Å². The van der Waals surface area contributed by atoms with Gasteiger partial charge in [-0.1, -0.05) is 13.8 Å². The van der Waals surface area contributed by atoms with Crippen molar-refractivity contribution < 1.29 is 8.42 Å². The maximum atomic E-state index is 12.1. The largest absolute Gasteiger partial charge is 0.388 e. The van der Waals surface area contributed by atoms with E-state index in [0.29, 0.717) is 11.4 Å². The number of nitrogens with one attached hydrogen (secondary N) is 2. The normalized spacial score (nSPS) is 11.8. The third-order valence-electron chi connectivity index (χ3n) is 3.29. The molecule has 0 atom stereocenters. The first-order chi connectivity index (χ1) is 9.53. The fourth-order valence-corrected chi connectivity index (χ4v) is 3.01. The molecule has 0 aliphatic rings. The molecule has 0 heterocycles. The first-order valence-electron chi connectivity index (χ1n) is 7.03. The molecule has 20 heavy (non-hydrogen) atoms. The lowest BCUT2D eigenvalue weighted by Crippen LogP contribution is -2.30. The Morgan fingerprint density at radius 2 is 1.70 bits per heavy atom. The SMILES string of the molecule is CCN(CC)CCCNS(=O)(=O)c1ccc(NC)cc1. The molecule has 0 unspecified atom stereocenters. The zero-order valence-electron chi connectivity index (χ0n) is 12.5. The number of rotatable bonds is 9. The quantitative estimate of drug-likeness (QED) is 0.682. The van der Waals surface area contributed by atoms with Gasteiger partial charge in [-0.3, -0.25) is 0 Å². The predicted octanol–water partition coefficient (Wildman–Crippen LogP) is 1.74. The topological polar surface area (TPSA) is 61.4 Å². The summed E-state index contributed by atoms with van der Waals surface area (Å²) in [4.78, 5) is 2.58. The van der Waals surface area contributed by atoms with Crippen LogP contribution in [-0.2, 0) is 10.0 Å². The Labute approximate surface area is 122 Å².